The van der Waals surface area contributed by atoms with Crippen LogP contribution in [-0.2, 0) is 16.1 Å². The zero-order valence-corrected chi connectivity index (χ0v) is 11.3. The minimum atomic E-state index is -0.0927. The number of hydrogen-bond donors (Lipinski definition) is 1. The number of aliphatic hydroxyl groups excluding tert-OH is 1. The average Bonchev–Trinajstić information content (AvgIpc) is 2.39. The minimum absolute atomic E-state index is 0.0927. The first kappa shape index (κ1) is 15.2. The van der Waals surface area contributed by atoms with Crippen molar-refractivity contribution >= 4 is 11.6 Å². The lowest BCUT2D eigenvalue weighted by Crippen LogP contribution is -2.09. The first-order valence-electron chi connectivity index (χ1n) is 5.87. The largest absolute Gasteiger partial charge is 0.489 e. The first-order valence-corrected chi connectivity index (χ1v) is 6.25. The Kier molecular flexibility index (Phi) is 7.76. The fourth-order valence-electron chi connectivity index (χ4n) is 1.45. The van der Waals surface area contributed by atoms with Crippen molar-refractivity contribution in [2.75, 3.05) is 33.5 Å². The molecule has 0 unspecified atom stereocenters. The predicted octanol–water partition coefficient (Wildman–Crippen LogP) is 2.26. The predicted molar refractivity (Wildman–Crippen MR) is 70.2 cm³/mol. The molecule has 0 radical (unpaired) electrons. The molecule has 0 spiro atoms. The van der Waals surface area contributed by atoms with E-state index in [4.69, 9.17) is 30.9 Å². The number of halogens is 1. The van der Waals surface area contributed by atoms with Crippen molar-refractivity contribution in [3.63, 3.8) is 0 Å². The Morgan fingerprint density at radius 2 is 2.00 bits per heavy atom. The van der Waals surface area contributed by atoms with Crippen molar-refractivity contribution in [2.24, 2.45) is 0 Å². The summed E-state index contributed by atoms with van der Waals surface area (Å²) < 4.78 is 15.8. The molecule has 0 aliphatic carbocycles. The van der Waals surface area contributed by atoms with Crippen LogP contribution in [0.2, 0.25) is 5.02 Å². The van der Waals surface area contributed by atoms with E-state index >= 15 is 0 Å². The maximum atomic E-state index is 9.16. The molecule has 0 bridgehead atoms. The molecule has 1 rings (SSSR count). The van der Waals surface area contributed by atoms with Crippen LogP contribution >= 0.6 is 11.6 Å². The van der Waals surface area contributed by atoms with Crippen LogP contribution in [0, 0.1) is 0 Å². The van der Waals surface area contributed by atoms with Gasteiger partial charge in [-0.1, -0.05) is 23.7 Å². The maximum absolute atomic E-state index is 9.16. The Balaban J connectivity index is 2.26. The third kappa shape index (κ3) is 5.23. The van der Waals surface area contributed by atoms with Gasteiger partial charge >= 0.3 is 0 Å². The van der Waals surface area contributed by atoms with Gasteiger partial charge in [0.1, 0.15) is 12.4 Å². The zero-order chi connectivity index (χ0) is 13.2. The molecule has 0 aliphatic heterocycles. The van der Waals surface area contributed by atoms with E-state index < -0.39 is 0 Å². The molecule has 0 saturated carbocycles. The van der Waals surface area contributed by atoms with Gasteiger partial charge in [-0.15, -0.1) is 0 Å². The smallest absolute Gasteiger partial charge is 0.143 e. The highest BCUT2D eigenvalue weighted by Crippen LogP contribution is 2.28. The molecule has 18 heavy (non-hydrogen) atoms. The Hall–Kier alpha value is -0.810. The van der Waals surface area contributed by atoms with Crippen LogP contribution < -0.4 is 4.74 Å². The highest BCUT2D eigenvalue weighted by molar-refractivity contribution is 6.32. The lowest BCUT2D eigenvalue weighted by molar-refractivity contribution is 0.0801. The van der Waals surface area contributed by atoms with Gasteiger partial charge in [-0.25, -0.2) is 0 Å². The lowest BCUT2D eigenvalue weighted by atomic mass is 10.2. The lowest BCUT2D eigenvalue weighted by Gasteiger charge is -2.11. The summed E-state index contributed by atoms with van der Waals surface area (Å²) in [5.74, 6) is 0.530. The molecule has 1 aromatic carbocycles. The molecule has 4 nitrogen and oxygen atoms in total. The summed E-state index contributed by atoms with van der Waals surface area (Å²) in [7, 11) is 1.66. The van der Waals surface area contributed by atoms with Gasteiger partial charge in [0.15, 0.2) is 0 Å². The van der Waals surface area contributed by atoms with Crippen molar-refractivity contribution in [3.8, 4) is 5.75 Å². The quantitative estimate of drug-likeness (QED) is 0.702. The molecule has 0 heterocycles. The second-order valence-electron chi connectivity index (χ2n) is 3.69. The van der Waals surface area contributed by atoms with Crippen LogP contribution in [0.4, 0.5) is 0 Å². The fourth-order valence-corrected chi connectivity index (χ4v) is 1.70. The number of para-hydroxylation sites is 1. The van der Waals surface area contributed by atoms with Crippen LogP contribution in [0.3, 0.4) is 0 Å². The SMILES string of the molecule is COCCCOCCOc1c(Cl)cccc1CO. The van der Waals surface area contributed by atoms with Crippen molar-refractivity contribution in [2.45, 2.75) is 13.0 Å². The molecule has 5 heteroatoms. The van der Waals surface area contributed by atoms with Crippen molar-refractivity contribution in [3.05, 3.63) is 28.8 Å². The van der Waals surface area contributed by atoms with Crippen LogP contribution in [0.15, 0.2) is 18.2 Å². The Bertz CT molecular complexity index is 344. The number of benzene rings is 1. The highest BCUT2D eigenvalue weighted by atomic mass is 35.5. The van der Waals surface area contributed by atoms with Gasteiger partial charge in [0.2, 0.25) is 0 Å². The van der Waals surface area contributed by atoms with Gasteiger partial charge in [0.25, 0.3) is 0 Å². The standard InChI is InChI=1S/C13H19ClO4/c1-16-6-3-7-17-8-9-18-13-11(10-15)4-2-5-12(13)14/h2,4-5,15H,3,6-10H2,1H3. The number of rotatable bonds is 9. The molecular formula is C13H19ClO4. The molecule has 0 aliphatic rings. The topological polar surface area (TPSA) is 47.9 Å². The highest BCUT2D eigenvalue weighted by Gasteiger charge is 2.07. The third-order valence-electron chi connectivity index (χ3n) is 2.33. The first-order chi connectivity index (χ1) is 8.79. The molecule has 0 atom stereocenters. The molecule has 102 valence electrons. The molecule has 1 aromatic rings. The number of aliphatic hydroxyl groups is 1. The Morgan fingerprint density at radius 1 is 1.17 bits per heavy atom. The molecule has 0 aromatic heterocycles. The second kappa shape index (κ2) is 9.16. The van der Waals surface area contributed by atoms with E-state index in [9.17, 15) is 0 Å². The van der Waals surface area contributed by atoms with E-state index in [0.29, 0.717) is 42.8 Å². The van der Waals surface area contributed by atoms with Crippen molar-refractivity contribution < 1.29 is 19.3 Å². The zero-order valence-electron chi connectivity index (χ0n) is 10.5. The summed E-state index contributed by atoms with van der Waals surface area (Å²) in [5, 5.41) is 9.66. The van der Waals surface area contributed by atoms with E-state index in [-0.39, 0.29) is 6.61 Å². The van der Waals surface area contributed by atoms with E-state index in [1.165, 1.54) is 0 Å². The minimum Gasteiger partial charge on any atom is -0.489 e. The van der Waals surface area contributed by atoms with Gasteiger partial charge in [0, 0.05) is 25.9 Å². The van der Waals surface area contributed by atoms with Gasteiger partial charge < -0.3 is 19.3 Å². The number of hydrogen-bond acceptors (Lipinski definition) is 4. The van der Waals surface area contributed by atoms with Crippen LogP contribution in [-0.4, -0.2) is 38.6 Å². The molecule has 0 amide bonds. The maximum Gasteiger partial charge on any atom is 0.143 e. The summed E-state index contributed by atoms with van der Waals surface area (Å²) in [5.41, 5.74) is 0.682. The summed E-state index contributed by atoms with van der Waals surface area (Å²) in [6.45, 7) is 2.14. The average molecular weight is 275 g/mol. The van der Waals surface area contributed by atoms with E-state index in [2.05, 4.69) is 0 Å². The number of methoxy groups -OCH3 is 1. The summed E-state index contributed by atoms with van der Waals surface area (Å²) >= 11 is 6.00. The van der Waals surface area contributed by atoms with E-state index in [0.717, 1.165) is 6.42 Å². The van der Waals surface area contributed by atoms with Crippen LogP contribution in [0.5, 0.6) is 5.75 Å². The van der Waals surface area contributed by atoms with Gasteiger partial charge in [0.05, 0.1) is 18.2 Å². The second-order valence-corrected chi connectivity index (χ2v) is 4.10. The molecule has 0 saturated heterocycles. The summed E-state index contributed by atoms with van der Waals surface area (Å²) in [6.07, 6.45) is 0.866. The fraction of sp³-hybridized carbons (Fsp3) is 0.538. The van der Waals surface area contributed by atoms with Crippen LogP contribution in [0.25, 0.3) is 0 Å². The summed E-state index contributed by atoms with van der Waals surface area (Å²) in [6, 6.07) is 5.29. The van der Waals surface area contributed by atoms with E-state index in [1.807, 2.05) is 0 Å². The van der Waals surface area contributed by atoms with Crippen molar-refractivity contribution in [1.29, 1.82) is 0 Å². The number of ether oxygens (including phenoxy) is 3. The van der Waals surface area contributed by atoms with Crippen LogP contribution in [0.1, 0.15) is 12.0 Å². The van der Waals surface area contributed by atoms with E-state index in [1.54, 1.807) is 25.3 Å². The normalized spacial score (nSPS) is 10.6. The molecular weight excluding hydrogens is 256 g/mol. The Labute approximate surface area is 112 Å². The molecule has 1 N–H and O–H groups in total. The Morgan fingerprint density at radius 3 is 2.72 bits per heavy atom. The van der Waals surface area contributed by atoms with Gasteiger partial charge in [-0.2, -0.15) is 0 Å². The monoisotopic (exact) mass is 274 g/mol. The van der Waals surface area contributed by atoms with Crippen molar-refractivity contribution in [1.82, 2.24) is 0 Å². The molecule has 0 fully saturated rings. The summed E-state index contributed by atoms with van der Waals surface area (Å²) in [4.78, 5) is 0. The van der Waals surface area contributed by atoms with Gasteiger partial charge in [-0.3, -0.25) is 0 Å². The van der Waals surface area contributed by atoms with Gasteiger partial charge in [-0.05, 0) is 12.5 Å². The third-order valence-corrected chi connectivity index (χ3v) is 2.63.